The summed E-state index contributed by atoms with van der Waals surface area (Å²) in [6, 6.07) is 12.4. The van der Waals surface area contributed by atoms with Gasteiger partial charge >= 0.3 is 5.69 Å². The van der Waals surface area contributed by atoms with E-state index in [9.17, 15) is 9.18 Å². The molecule has 1 unspecified atom stereocenters. The Kier molecular flexibility index (Phi) is 5.45. The fourth-order valence-corrected chi connectivity index (χ4v) is 4.30. The normalized spacial score (nSPS) is 16.0. The van der Waals surface area contributed by atoms with Gasteiger partial charge in [-0.15, -0.1) is 0 Å². The van der Waals surface area contributed by atoms with Gasteiger partial charge < -0.3 is 15.6 Å². The molecule has 0 radical (unpaired) electrons. The van der Waals surface area contributed by atoms with Crippen LogP contribution in [-0.4, -0.2) is 39.2 Å². The van der Waals surface area contributed by atoms with Gasteiger partial charge in [0, 0.05) is 6.54 Å². The van der Waals surface area contributed by atoms with E-state index in [1.54, 1.807) is 16.8 Å². The highest BCUT2D eigenvalue weighted by atomic mass is 19.1. The molecule has 1 saturated heterocycles. The highest BCUT2D eigenvalue weighted by Gasteiger charge is 2.16. The maximum absolute atomic E-state index is 13.7. The van der Waals surface area contributed by atoms with Gasteiger partial charge in [0.1, 0.15) is 11.3 Å². The molecule has 4 aromatic rings. The molecule has 0 saturated carbocycles. The number of halogens is 1. The van der Waals surface area contributed by atoms with E-state index >= 15 is 0 Å². The van der Waals surface area contributed by atoms with Crippen LogP contribution in [0.2, 0.25) is 0 Å². The van der Waals surface area contributed by atoms with Crippen LogP contribution in [0.1, 0.15) is 17.5 Å². The zero-order valence-electron chi connectivity index (χ0n) is 17.9. The summed E-state index contributed by atoms with van der Waals surface area (Å²) in [7, 11) is 0. The third-order valence-corrected chi connectivity index (χ3v) is 6.13. The zero-order chi connectivity index (χ0) is 22.1. The Balaban J connectivity index is 1.46. The van der Waals surface area contributed by atoms with Crippen molar-refractivity contribution in [3.8, 4) is 11.1 Å². The number of aromatic nitrogens is 4. The molecule has 1 fully saturated rings. The minimum absolute atomic E-state index is 0.234. The van der Waals surface area contributed by atoms with Crippen LogP contribution in [0.15, 0.2) is 53.5 Å². The van der Waals surface area contributed by atoms with E-state index in [1.165, 1.54) is 12.1 Å². The summed E-state index contributed by atoms with van der Waals surface area (Å²) in [5, 5.41) is 6.65. The molecular weight excluding hydrogens is 407 g/mol. The molecule has 1 atom stereocenters. The van der Waals surface area contributed by atoms with Crippen molar-refractivity contribution >= 4 is 17.1 Å². The number of imidazole rings is 1. The minimum Gasteiger partial charge on any atom is -0.354 e. The van der Waals surface area contributed by atoms with Crippen LogP contribution in [0, 0.1) is 18.7 Å². The van der Waals surface area contributed by atoms with Gasteiger partial charge in [-0.25, -0.2) is 14.2 Å². The molecule has 5 rings (SSSR count). The Hall–Kier alpha value is -3.52. The van der Waals surface area contributed by atoms with Gasteiger partial charge in [-0.05, 0) is 66.7 Å². The standard InChI is InChI=1S/C24H25FN6O/c1-15-18(5-3-7-20(15)17-4-2-6-19(25)10-17)14-31-22-21(29-24(31)32)13-28-23(30-22)27-12-16-8-9-26-11-16/h2-7,10,13,16,26H,8-9,11-12,14H2,1H3,(H,29,32)(H,27,28,30). The van der Waals surface area contributed by atoms with E-state index < -0.39 is 0 Å². The number of anilines is 1. The van der Waals surface area contributed by atoms with Crippen LogP contribution < -0.4 is 16.3 Å². The predicted molar refractivity (Wildman–Crippen MR) is 123 cm³/mol. The quantitative estimate of drug-likeness (QED) is 0.435. The van der Waals surface area contributed by atoms with Crippen LogP contribution in [0.5, 0.6) is 0 Å². The number of hydrogen-bond donors (Lipinski definition) is 3. The largest absolute Gasteiger partial charge is 0.354 e. The monoisotopic (exact) mass is 432 g/mol. The number of nitrogens with one attached hydrogen (secondary N) is 3. The van der Waals surface area contributed by atoms with E-state index in [4.69, 9.17) is 0 Å². The second kappa shape index (κ2) is 8.55. The van der Waals surface area contributed by atoms with Crippen LogP contribution in [-0.2, 0) is 6.54 Å². The van der Waals surface area contributed by atoms with Crippen LogP contribution in [0.25, 0.3) is 22.3 Å². The van der Waals surface area contributed by atoms with Crippen molar-refractivity contribution in [2.24, 2.45) is 5.92 Å². The average Bonchev–Trinajstić information content (AvgIpc) is 3.41. The van der Waals surface area contributed by atoms with Crippen molar-refractivity contribution < 1.29 is 4.39 Å². The summed E-state index contributed by atoms with van der Waals surface area (Å²) in [4.78, 5) is 24.5. The molecule has 164 valence electrons. The van der Waals surface area contributed by atoms with Crippen molar-refractivity contribution in [1.29, 1.82) is 0 Å². The van der Waals surface area contributed by atoms with E-state index in [0.29, 0.717) is 29.6 Å². The van der Waals surface area contributed by atoms with Crippen molar-refractivity contribution in [2.75, 3.05) is 25.0 Å². The zero-order valence-corrected chi connectivity index (χ0v) is 17.9. The fraction of sp³-hybridized carbons (Fsp3) is 0.292. The minimum atomic E-state index is -0.273. The average molecular weight is 433 g/mol. The van der Waals surface area contributed by atoms with Crippen molar-refractivity contribution in [3.05, 3.63) is 76.1 Å². The van der Waals surface area contributed by atoms with Gasteiger partial charge in [-0.3, -0.25) is 4.57 Å². The third-order valence-electron chi connectivity index (χ3n) is 6.13. The molecule has 2 aromatic heterocycles. The summed E-state index contributed by atoms with van der Waals surface area (Å²) >= 11 is 0. The molecule has 0 spiro atoms. The lowest BCUT2D eigenvalue weighted by Crippen LogP contribution is -2.19. The molecule has 3 heterocycles. The topological polar surface area (TPSA) is 87.6 Å². The highest BCUT2D eigenvalue weighted by molar-refractivity contribution is 5.72. The van der Waals surface area contributed by atoms with Gasteiger partial charge in [-0.1, -0.05) is 30.3 Å². The maximum Gasteiger partial charge on any atom is 0.328 e. The van der Waals surface area contributed by atoms with E-state index in [2.05, 4.69) is 25.6 Å². The van der Waals surface area contributed by atoms with Crippen molar-refractivity contribution in [2.45, 2.75) is 19.9 Å². The molecule has 3 N–H and O–H groups in total. The van der Waals surface area contributed by atoms with Gasteiger partial charge in [0.05, 0.1) is 12.7 Å². The second-order valence-electron chi connectivity index (χ2n) is 8.29. The van der Waals surface area contributed by atoms with Gasteiger partial charge in [-0.2, -0.15) is 4.98 Å². The molecular formula is C24H25FN6O. The third kappa shape index (κ3) is 4.01. The lowest BCUT2D eigenvalue weighted by Gasteiger charge is -2.13. The fourth-order valence-electron chi connectivity index (χ4n) is 4.30. The summed E-state index contributed by atoms with van der Waals surface area (Å²) in [5.74, 6) is 0.795. The summed E-state index contributed by atoms with van der Waals surface area (Å²) in [6.07, 6.45) is 2.77. The highest BCUT2D eigenvalue weighted by Crippen LogP contribution is 2.27. The molecule has 0 bridgehead atoms. The SMILES string of the molecule is Cc1c(Cn2c(=O)[nH]c3cnc(NCC4CCNC4)nc32)cccc1-c1cccc(F)c1. The summed E-state index contributed by atoms with van der Waals surface area (Å²) < 4.78 is 15.4. The molecule has 2 aromatic carbocycles. The molecule has 0 aliphatic carbocycles. The number of hydrogen-bond acceptors (Lipinski definition) is 5. The van der Waals surface area contributed by atoms with Crippen molar-refractivity contribution in [3.63, 3.8) is 0 Å². The number of nitrogens with zero attached hydrogens (tertiary/aromatic N) is 3. The summed E-state index contributed by atoms with van der Waals surface area (Å²) in [6.45, 7) is 5.18. The van der Waals surface area contributed by atoms with Gasteiger partial charge in [0.25, 0.3) is 0 Å². The van der Waals surface area contributed by atoms with Crippen LogP contribution in [0.4, 0.5) is 10.3 Å². The Morgan fingerprint density at radius 1 is 1.25 bits per heavy atom. The first kappa shape index (κ1) is 20.4. The molecule has 8 heteroatoms. The predicted octanol–water partition coefficient (Wildman–Crippen LogP) is 3.30. The van der Waals surface area contributed by atoms with E-state index in [0.717, 1.165) is 48.3 Å². The van der Waals surface area contributed by atoms with E-state index in [1.807, 2.05) is 31.2 Å². The number of fused-ring (bicyclic) bond motifs is 1. The molecule has 7 nitrogen and oxygen atoms in total. The smallest absolute Gasteiger partial charge is 0.328 e. The Morgan fingerprint density at radius 2 is 2.12 bits per heavy atom. The van der Waals surface area contributed by atoms with Crippen molar-refractivity contribution in [1.82, 2.24) is 24.8 Å². The molecule has 1 aliphatic rings. The first-order chi connectivity index (χ1) is 15.6. The van der Waals surface area contributed by atoms with Gasteiger partial charge in [0.2, 0.25) is 5.95 Å². The Labute approximate surface area is 184 Å². The Morgan fingerprint density at radius 3 is 2.94 bits per heavy atom. The molecule has 0 amide bonds. The van der Waals surface area contributed by atoms with Crippen LogP contribution in [0.3, 0.4) is 0 Å². The van der Waals surface area contributed by atoms with Gasteiger partial charge in [0.15, 0.2) is 5.65 Å². The molecule has 1 aliphatic heterocycles. The maximum atomic E-state index is 13.7. The molecule has 32 heavy (non-hydrogen) atoms. The number of rotatable bonds is 6. The van der Waals surface area contributed by atoms with E-state index in [-0.39, 0.29) is 11.5 Å². The number of benzene rings is 2. The lowest BCUT2D eigenvalue weighted by molar-refractivity contribution is 0.613. The lowest BCUT2D eigenvalue weighted by atomic mass is 9.96. The Bertz CT molecular complexity index is 1320. The first-order valence-corrected chi connectivity index (χ1v) is 10.8. The second-order valence-corrected chi connectivity index (χ2v) is 8.29. The first-order valence-electron chi connectivity index (χ1n) is 10.8. The number of aromatic amines is 1. The number of H-pyrrole nitrogens is 1. The van der Waals surface area contributed by atoms with Crippen LogP contribution >= 0.6 is 0 Å². The summed E-state index contributed by atoms with van der Waals surface area (Å²) in [5.41, 5.74) is 4.65.